The summed E-state index contributed by atoms with van der Waals surface area (Å²) < 4.78 is 9.65. The molecule has 5 heteroatoms. The number of esters is 1. The Morgan fingerprint density at radius 3 is 2.81 bits per heavy atom. The molecule has 0 saturated carbocycles. The molecular weight excluding hydrogens is 208 g/mol. The summed E-state index contributed by atoms with van der Waals surface area (Å²) in [6.45, 7) is 2.02. The first kappa shape index (κ1) is 12.0. The molecule has 0 fully saturated rings. The molecule has 0 aliphatic rings. The second kappa shape index (κ2) is 5.75. The zero-order valence-corrected chi connectivity index (χ0v) is 9.27. The highest BCUT2D eigenvalue weighted by Gasteiger charge is 2.05. The van der Waals surface area contributed by atoms with Crippen molar-refractivity contribution in [2.45, 2.75) is 6.92 Å². The first-order chi connectivity index (χ1) is 7.67. The second-order valence-corrected chi connectivity index (χ2v) is 2.95. The quantitative estimate of drug-likeness (QED) is 0.606. The molecule has 0 radical (unpaired) electrons. The van der Waals surface area contributed by atoms with Gasteiger partial charge in [-0.25, -0.2) is 9.78 Å². The lowest BCUT2D eigenvalue weighted by Gasteiger charge is -2.02. The monoisotopic (exact) mass is 222 g/mol. The van der Waals surface area contributed by atoms with Crippen LogP contribution in [-0.2, 0) is 9.53 Å². The van der Waals surface area contributed by atoms with Crippen molar-refractivity contribution in [3.8, 4) is 5.88 Å². The highest BCUT2D eigenvalue weighted by Crippen LogP contribution is 2.09. The molecule has 1 aromatic rings. The normalized spacial score (nSPS) is 11.0. The number of aromatic nitrogens is 1. The van der Waals surface area contributed by atoms with Crippen LogP contribution in [0.25, 0.3) is 6.08 Å². The van der Waals surface area contributed by atoms with Gasteiger partial charge in [-0.1, -0.05) is 0 Å². The lowest BCUT2D eigenvalue weighted by Crippen LogP contribution is -2.14. The van der Waals surface area contributed by atoms with E-state index in [0.717, 1.165) is 0 Å². The zero-order chi connectivity index (χ0) is 12.0. The van der Waals surface area contributed by atoms with Crippen molar-refractivity contribution in [3.63, 3.8) is 0 Å². The van der Waals surface area contributed by atoms with Gasteiger partial charge in [-0.05, 0) is 24.6 Å². The standard InChI is InChI=1S/C11H14N2O3/c1-3-16-11(14)9(12)6-8-4-5-10(15-2)13-7-8/h4-7H,3,12H2,1-2H3/b9-6-. The summed E-state index contributed by atoms with van der Waals surface area (Å²) in [5, 5.41) is 0. The third-order valence-corrected chi connectivity index (χ3v) is 1.80. The molecule has 5 nitrogen and oxygen atoms in total. The van der Waals surface area contributed by atoms with E-state index in [2.05, 4.69) is 4.98 Å². The average Bonchev–Trinajstić information content (AvgIpc) is 2.30. The maximum Gasteiger partial charge on any atom is 0.354 e. The van der Waals surface area contributed by atoms with Gasteiger partial charge in [-0.15, -0.1) is 0 Å². The number of hydrogen-bond donors (Lipinski definition) is 1. The van der Waals surface area contributed by atoms with Crippen molar-refractivity contribution in [2.24, 2.45) is 5.73 Å². The van der Waals surface area contributed by atoms with Gasteiger partial charge in [0, 0.05) is 12.3 Å². The van der Waals surface area contributed by atoms with Gasteiger partial charge in [-0.3, -0.25) is 0 Å². The summed E-state index contributed by atoms with van der Waals surface area (Å²) in [7, 11) is 1.53. The van der Waals surface area contributed by atoms with Crippen molar-refractivity contribution in [2.75, 3.05) is 13.7 Å². The highest BCUT2D eigenvalue weighted by atomic mass is 16.5. The molecule has 0 bridgehead atoms. The largest absolute Gasteiger partial charge is 0.481 e. The van der Waals surface area contributed by atoms with Gasteiger partial charge in [0.2, 0.25) is 5.88 Å². The molecule has 1 rings (SSSR count). The van der Waals surface area contributed by atoms with Gasteiger partial charge in [0.1, 0.15) is 5.70 Å². The Kier molecular flexibility index (Phi) is 4.32. The van der Waals surface area contributed by atoms with Gasteiger partial charge in [0.05, 0.1) is 13.7 Å². The van der Waals surface area contributed by atoms with Crippen molar-refractivity contribution in [1.82, 2.24) is 4.98 Å². The fraction of sp³-hybridized carbons (Fsp3) is 0.273. The molecule has 0 saturated heterocycles. The van der Waals surface area contributed by atoms with E-state index in [1.54, 1.807) is 25.3 Å². The van der Waals surface area contributed by atoms with Crippen LogP contribution in [0.4, 0.5) is 0 Å². The van der Waals surface area contributed by atoms with E-state index in [0.29, 0.717) is 18.1 Å². The number of hydrogen-bond acceptors (Lipinski definition) is 5. The number of nitrogens with zero attached hydrogens (tertiary/aromatic N) is 1. The van der Waals surface area contributed by atoms with Gasteiger partial charge in [0.25, 0.3) is 0 Å². The summed E-state index contributed by atoms with van der Waals surface area (Å²) in [4.78, 5) is 15.2. The SMILES string of the molecule is CCOC(=O)/C(N)=C/c1ccc(OC)nc1. The number of nitrogens with two attached hydrogens (primary N) is 1. The summed E-state index contributed by atoms with van der Waals surface area (Å²) in [5.74, 6) is -0.0230. The van der Waals surface area contributed by atoms with Crippen LogP contribution in [0.5, 0.6) is 5.88 Å². The predicted molar refractivity (Wildman–Crippen MR) is 59.6 cm³/mol. The Hall–Kier alpha value is -2.04. The van der Waals surface area contributed by atoms with Gasteiger partial charge in [0.15, 0.2) is 0 Å². The van der Waals surface area contributed by atoms with Crippen molar-refractivity contribution >= 4 is 12.0 Å². The summed E-state index contributed by atoms with van der Waals surface area (Å²) in [5.41, 5.74) is 6.30. The molecule has 86 valence electrons. The van der Waals surface area contributed by atoms with E-state index in [4.69, 9.17) is 15.2 Å². The Morgan fingerprint density at radius 1 is 1.56 bits per heavy atom. The smallest absolute Gasteiger partial charge is 0.354 e. The molecule has 0 unspecified atom stereocenters. The summed E-state index contributed by atoms with van der Waals surface area (Å²) >= 11 is 0. The molecule has 0 spiro atoms. The van der Waals surface area contributed by atoms with Crippen LogP contribution in [0.1, 0.15) is 12.5 Å². The van der Waals surface area contributed by atoms with Crippen LogP contribution in [0, 0.1) is 0 Å². The molecule has 0 aliphatic heterocycles. The predicted octanol–water partition coefficient (Wildman–Crippen LogP) is 0.953. The lowest BCUT2D eigenvalue weighted by molar-refractivity contribution is -0.138. The van der Waals surface area contributed by atoms with Gasteiger partial charge < -0.3 is 15.2 Å². The minimum atomic E-state index is -0.529. The van der Waals surface area contributed by atoms with E-state index in [1.807, 2.05) is 0 Å². The summed E-state index contributed by atoms with van der Waals surface area (Å²) in [6.07, 6.45) is 3.06. The van der Waals surface area contributed by atoms with Crippen molar-refractivity contribution < 1.29 is 14.3 Å². The molecular formula is C11H14N2O3. The fourth-order valence-electron chi connectivity index (χ4n) is 1.05. The van der Waals surface area contributed by atoms with E-state index in [9.17, 15) is 4.79 Å². The Bertz CT molecular complexity index is 385. The van der Waals surface area contributed by atoms with Crippen molar-refractivity contribution in [3.05, 3.63) is 29.6 Å². The van der Waals surface area contributed by atoms with Gasteiger partial charge in [-0.2, -0.15) is 0 Å². The molecule has 0 atom stereocenters. The number of carbonyl (C=O) groups is 1. The number of rotatable bonds is 4. The van der Waals surface area contributed by atoms with E-state index in [-0.39, 0.29) is 5.70 Å². The van der Waals surface area contributed by atoms with Crippen molar-refractivity contribution in [1.29, 1.82) is 0 Å². The first-order valence-electron chi connectivity index (χ1n) is 4.81. The first-order valence-corrected chi connectivity index (χ1v) is 4.81. The molecule has 0 aliphatic carbocycles. The zero-order valence-electron chi connectivity index (χ0n) is 9.27. The Morgan fingerprint density at radius 2 is 2.31 bits per heavy atom. The highest BCUT2D eigenvalue weighted by molar-refractivity contribution is 5.92. The van der Waals surface area contributed by atoms with E-state index >= 15 is 0 Å². The van der Waals surface area contributed by atoms with Crippen LogP contribution < -0.4 is 10.5 Å². The maximum absolute atomic E-state index is 11.2. The molecule has 2 N–H and O–H groups in total. The minimum absolute atomic E-state index is 0.0498. The number of carbonyl (C=O) groups excluding carboxylic acids is 1. The van der Waals surface area contributed by atoms with Crippen LogP contribution in [-0.4, -0.2) is 24.7 Å². The fourth-order valence-corrected chi connectivity index (χ4v) is 1.05. The molecule has 1 heterocycles. The van der Waals surface area contributed by atoms with Gasteiger partial charge >= 0.3 is 5.97 Å². The van der Waals surface area contributed by atoms with Crippen LogP contribution >= 0.6 is 0 Å². The molecule has 0 aromatic carbocycles. The number of pyridine rings is 1. The van der Waals surface area contributed by atoms with Crippen LogP contribution in [0.2, 0.25) is 0 Å². The topological polar surface area (TPSA) is 74.4 Å². The van der Waals surface area contributed by atoms with Crippen LogP contribution in [0.15, 0.2) is 24.0 Å². The Labute approximate surface area is 93.9 Å². The Balaban J connectivity index is 2.77. The third kappa shape index (κ3) is 3.27. The summed E-state index contributed by atoms with van der Waals surface area (Å²) in [6, 6.07) is 3.43. The average molecular weight is 222 g/mol. The second-order valence-electron chi connectivity index (χ2n) is 2.95. The number of methoxy groups -OCH3 is 1. The minimum Gasteiger partial charge on any atom is -0.481 e. The van der Waals surface area contributed by atoms with E-state index in [1.165, 1.54) is 13.2 Å². The molecule has 16 heavy (non-hydrogen) atoms. The molecule has 1 aromatic heterocycles. The third-order valence-electron chi connectivity index (χ3n) is 1.80. The van der Waals surface area contributed by atoms with Crippen LogP contribution in [0.3, 0.4) is 0 Å². The van der Waals surface area contributed by atoms with E-state index < -0.39 is 5.97 Å². The maximum atomic E-state index is 11.2. The number of ether oxygens (including phenoxy) is 2. The molecule has 0 amide bonds. The lowest BCUT2D eigenvalue weighted by atomic mass is 10.2.